The Balaban J connectivity index is 0. The highest BCUT2D eigenvalue weighted by Crippen LogP contribution is 2.10. The highest BCUT2D eigenvalue weighted by molar-refractivity contribution is 5.86. The minimum Gasteiger partial charge on any atom is -0.462 e. The van der Waals surface area contributed by atoms with Crippen molar-refractivity contribution in [2.45, 2.75) is 78.1 Å². The lowest BCUT2D eigenvalue weighted by molar-refractivity contribution is -0.139. The summed E-state index contributed by atoms with van der Waals surface area (Å²) in [6.45, 7) is 10.2. The summed E-state index contributed by atoms with van der Waals surface area (Å²) in [5, 5.41) is 0. The van der Waals surface area contributed by atoms with Crippen molar-refractivity contribution in [1.29, 1.82) is 0 Å². The van der Waals surface area contributed by atoms with E-state index >= 15 is 0 Å². The van der Waals surface area contributed by atoms with Crippen LogP contribution in [0.1, 0.15) is 78.1 Å². The normalized spacial score (nSPS) is 9.64. The van der Waals surface area contributed by atoms with Crippen molar-refractivity contribution < 1.29 is 18.3 Å². The molecule has 0 radical (unpaired) electrons. The van der Waals surface area contributed by atoms with Gasteiger partial charge in [0.15, 0.2) is 0 Å². The van der Waals surface area contributed by atoms with Crippen LogP contribution in [0.4, 0.5) is 8.78 Å². The molecule has 0 unspecified atom stereocenters. The Hall–Kier alpha value is -1.19. The standard InChI is InChI=1S/C16H30O2.C2H2F2/c1-4-5-6-7-8-9-10-11-12-13-14-18-16(17)15(2)3;1-2(3)4/h2,4-14H2,1,3H3;1H2. The topological polar surface area (TPSA) is 26.3 Å². The predicted octanol–water partition coefficient (Wildman–Crippen LogP) is 6.42. The zero-order valence-corrected chi connectivity index (χ0v) is 14.3. The smallest absolute Gasteiger partial charge is 0.333 e. The monoisotopic (exact) mass is 318 g/mol. The maximum absolute atomic E-state index is 11.1. The SMILES string of the molecule is C=C(C)C(=O)OCCCCCCCCCCCC.C=C(F)F. The molecule has 0 spiro atoms. The van der Waals surface area contributed by atoms with Crippen molar-refractivity contribution >= 4 is 5.97 Å². The fourth-order valence-corrected chi connectivity index (χ4v) is 1.88. The average Bonchev–Trinajstić information content (AvgIpc) is 2.43. The molecular weight excluding hydrogens is 286 g/mol. The molecule has 0 amide bonds. The second-order valence-electron chi connectivity index (χ2n) is 5.44. The number of ether oxygens (including phenoxy) is 1. The van der Waals surface area contributed by atoms with Crippen LogP contribution in [0.5, 0.6) is 0 Å². The number of unbranched alkanes of at least 4 members (excludes halogenated alkanes) is 9. The minimum absolute atomic E-state index is 0.258. The molecule has 4 heteroatoms. The maximum atomic E-state index is 11.1. The second kappa shape index (κ2) is 17.9. The quantitative estimate of drug-likeness (QED) is 0.236. The highest BCUT2D eigenvalue weighted by atomic mass is 19.3. The van der Waals surface area contributed by atoms with Crippen LogP contribution < -0.4 is 0 Å². The van der Waals surface area contributed by atoms with Crippen LogP contribution in [0.25, 0.3) is 0 Å². The van der Waals surface area contributed by atoms with Crippen LogP contribution in [0.3, 0.4) is 0 Å². The lowest BCUT2D eigenvalue weighted by Gasteiger charge is -2.04. The van der Waals surface area contributed by atoms with E-state index in [2.05, 4.69) is 20.1 Å². The molecule has 0 aliphatic rings. The number of carbonyl (C=O) groups excluding carboxylic acids is 1. The van der Waals surface area contributed by atoms with E-state index in [0.29, 0.717) is 12.2 Å². The zero-order valence-electron chi connectivity index (χ0n) is 14.3. The fourth-order valence-electron chi connectivity index (χ4n) is 1.88. The number of rotatable bonds is 12. The third-order valence-electron chi connectivity index (χ3n) is 3.08. The molecule has 0 saturated carbocycles. The Kier molecular flexibility index (Phi) is 18.7. The summed E-state index contributed by atoms with van der Waals surface area (Å²) in [5.41, 5.74) is 0.488. The van der Waals surface area contributed by atoms with Gasteiger partial charge >= 0.3 is 5.97 Å². The van der Waals surface area contributed by atoms with E-state index in [1.165, 1.54) is 57.8 Å². The third-order valence-corrected chi connectivity index (χ3v) is 3.08. The molecular formula is C18H32F2O2. The van der Waals surface area contributed by atoms with E-state index in [1.54, 1.807) is 6.92 Å². The zero-order chi connectivity index (χ0) is 17.2. The highest BCUT2D eigenvalue weighted by Gasteiger charge is 2.01. The van der Waals surface area contributed by atoms with Gasteiger partial charge in [-0.1, -0.05) is 71.3 Å². The maximum Gasteiger partial charge on any atom is 0.333 e. The molecule has 0 saturated heterocycles. The van der Waals surface area contributed by atoms with Crippen LogP contribution in [-0.2, 0) is 9.53 Å². The van der Waals surface area contributed by atoms with Gasteiger partial charge in [-0.3, -0.25) is 0 Å². The first-order valence-electron chi connectivity index (χ1n) is 8.24. The van der Waals surface area contributed by atoms with Crippen LogP contribution in [0.2, 0.25) is 0 Å². The van der Waals surface area contributed by atoms with E-state index in [0.717, 1.165) is 6.42 Å². The van der Waals surface area contributed by atoms with Gasteiger partial charge in [-0.05, 0) is 19.9 Å². The molecule has 130 valence electrons. The van der Waals surface area contributed by atoms with Gasteiger partial charge in [-0.25, -0.2) is 4.79 Å². The van der Waals surface area contributed by atoms with E-state index in [-0.39, 0.29) is 5.97 Å². The summed E-state index contributed by atoms with van der Waals surface area (Å²) < 4.78 is 25.3. The van der Waals surface area contributed by atoms with Crippen molar-refractivity contribution in [1.82, 2.24) is 0 Å². The molecule has 0 aromatic heterocycles. The molecule has 0 aromatic rings. The molecule has 0 bridgehead atoms. The van der Waals surface area contributed by atoms with E-state index in [1.807, 2.05) is 0 Å². The molecule has 0 rings (SSSR count). The molecule has 0 atom stereocenters. The number of hydrogen-bond acceptors (Lipinski definition) is 2. The van der Waals surface area contributed by atoms with Gasteiger partial charge < -0.3 is 4.74 Å². The minimum atomic E-state index is -1.83. The first kappa shape index (κ1) is 23.1. The summed E-state index contributed by atoms with van der Waals surface area (Å²) in [7, 11) is 0. The predicted molar refractivity (Wildman–Crippen MR) is 89.0 cm³/mol. The van der Waals surface area contributed by atoms with Crippen LogP contribution in [0, 0.1) is 0 Å². The third kappa shape index (κ3) is 23.9. The fraction of sp³-hybridized carbons (Fsp3) is 0.722. The van der Waals surface area contributed by atoms with Crippen molar-refractivity contribution in [2.75, 3.05) is 6.61 Å². The summed E-state index contributed by atoms with van der Waals surface area (Å²) in [5.74, 6) is -0.258. The Bertz CT molecular complexity index is 297. The van der Waals surface area contributed by atoms with E-state index in [9.17, 15) is 13.6 Å². The van der Waals surface area contributed by atoms with Crippen LogP contribution >= 0.6 is 0 Å². The van der Waals surface area contributed by atoms with Gasteiger partial charge in [0.25, 0.3) is 6.08 Å². The molecule has 2 nitrogen and oxygen atoms in total. The Morgan fingerprint density at radius 2 is 1.23 bits per heavy atom. The Labute approximate surface area is 134 Å². The lowest BCUT2D eigenvalue weighted by atomic mass is 10.1. The van der Waals surface area contributed by atoms with Crippen molar-refractivity contribution in [3.8, 4) is 0 Å². The first-order chi connectivity index (χ1) is 10.4. The van der Waals surface area contributed by atoms with Crippen LogP contribution in [0.15, 0.2) is 24.8 Å². The second-order valence-corrected chi connectivity index (χ2v) is 5.44. The summed E-state index contributed by atoms with van der Waals surface area (Å²) in [6.07, 6.45) is 11.1. The van der Waals surface area contributed by atoms with Gasteiger partial charge in [-0.15, -0.1) is 0 Å². The van der Waals surface area contributed by atoms with Gasteiger partial charge in [0.2, 0.25) is 0 Å². The average molecular weight is 318 g/mol. The largest absolute Gasteiger partial charge is 0.462 e. The lowest BCUT2D eigenvalue weighted by Crippen LogP contribution is -2.05. The van der Waals surface area contributed by atoms with Gasteiger partial charge in [0, 0.05) is 5.57 Å². The molecule has 0 fully saturated rings. The number of hydrogen-bond donors (Lipinski definition) is 0. The van der Waals surface area contributed by atoms with Crippen molar-refractivity contribution in [3.05, 3.63) is 24.8 Å². The van der Waals surface area contributed by atoms with Crippen LogP contribution in [-0.4, -0.2) is 12.6 Å². The number of esters is 1. The molecule has 0 aliphatic heterocycles. The molecule has 0 aliphatic carbocycles. The van der Waals surface area contributed by atoms with Gasteiger partial charge in [-0.2, -0.15) is 8.78 Å². The molecule has 0 heterocycles. The first-order valence-corrected chi connectivity index (χ1v) is 8.24. The van der Waals surface area contributed by atoms with E-state index < -0.39 is 6.08 Å². The van der Waals surface area contributed by atoms with E-state index in [4.69, 9.17) is 4.74 Å². The Morgan fingerprint density at radius 1 is 0.864 bits per heavy atom. The van der Waals surface area contributed by atoms with Crippen molar-refractivity contribution in [3.63, 3.8) is 0 Å². The molecule has 0 N–H and O–H groups in total. The number of carbonyl (C=O) groups is 1. The summed E-state index contributed by atoms with van der Waals surface area (Å²) in [4.78, 5) is 11.1. The molecule has 22 heavy (non-hydrogen) atoms. The van der Waals surface area contributed by atoms with Gasteiger partial charge in [0.1, 0.15) is 0 Å². The Morgan fingerprint density at radius 3 is 1.59 bits per heavy atom. The number of halogens is 2. The van der Waals surface area contributed by atoms with Crippen molar-refractivity contribution in [2.24, 2.45) is 0 Å². The molecule has 0 aromatic carbocycles. The summed E-state index contributed by atoms with van der Waals surface area (Å²) in [6, 6.07) is 0. The summed E-state index contributed by atoms with van der Waals surface area (Å²) >= 11 is 0. The van der Waals surface area contributed by atoms with Gasteiger partial charge in [0.05, 0.1) is 6.61 Å².